The molecule has 102 valence electrons. The van der Waals surface area contributed by atoms with E-state index < -0.39 is 0 Å². The van der Waals surface area contributed by atoms with E-state index in [-0.39, 0.29) is 0 Å². The van der Waals surface area contributed by atoms with Crippen LogP contribution in [0.2, 0.25) is 0 Å². The Morgan fingerprint density at radius 2 is 2.00 bits per heavy atom. The molecule has 0 unspecified atom stereocenters. The maximum absolute atomic E-state index is 5.62. The van der Waals surface area contributed by atoms with Crippen LogP contribution in [0, 0.1) is 20.8 Å². The van der Waals surface area contributed by atoms with Crippen LogP contribution < -0.4 is 11.3 Å². The van der Waals surface area contributed by atoms with Gasteiger partial charge in [0.15, 0.2) is 11.6 Å². The van der Waals surface area contributed by atoms with Gasteiger partial charge in [-0.15, -0.1) is 11.3 Å². The zero-order valence-electron chi connectivity index (χ0n) is 11.6. The number of aryl methyl sites for hydroxylation is 3. The first-order valence-corrected chi connectivity index (χ1v) is 7.09. The summed E-state index contributed by atoms with van der Waals surface area (Å²) >= 11 is 1.65. The number of hydrogen-bond donors (Lipinski definition) is 2. The predicted molar refractivity (Wildman–Crippen MR) is 82.7 cm³/mol. The summed E-state index contributed by atoms with van der Waals surface area (Å²) in [6.45, 7) is 6.13. The molecule has 3 N–H and O–H groups in total. The largest absolute Gasteiger partial charge is 0.308 e. The molecule has 3 heterocycles. The van der Waals surface area contributed by atoms with E-state index >= 15 is 0 Å². The number of hydrazine groups is 1. The van der Waals surface area contributed by atoms with Crippen molar-refractivity contribution in [3.05, 3.63) is 34.3 Å². The highest BCUT2D eigenvalue weighted by Crippen LogP contribution is 2.34. The Bertz CT molecular complexity index is 794. The first-order valence-electron chi connectivity index (χ1n) is 6.28. The van der Waals surface area contributed by atoms with E-state index in [4.69, 9.17) is 5.84 Å². The van der Waals surface area contributed by atoms with E-state index in [0.717, 1.165) is 21.5 Å². The third kappa shape index (κ3) is 1.93. The molecule has 3 aromatic heterocycles. The molecule has 0 spiro atoms. The van der Waals surface area contributed by atoms with Crippen molar-refractivity contribution in [2.45, 2.75) is 20.8 Å². The molecule has 5 nitrogen and oxygen atoms in total. The van der Waals surface area contributed by atoms with Crippen molar-refractivity contribution >= 4 is 27.4 Å². The molecular weight excluding hydrogens is 270 g/mol. The average Bonchev–Trinajstić information content (AvgIpc) is 2.73. The van der Waals surface area contributed by atoms with Crippen molar-refractivity contribution in [1.29, 1.82) is 0 Å². The summed E-state index contributed by atoms with van der Waals surface area (Å²) in [5.41, 5.74) is 5.68. The minimum absolute atomic E-state index is 0.602. The number of nitrogens with zero attached hydrogens (tertiary/aromatic N) is 3. The number of rotatable bonds is 2. The maximum atomic E-state index is 5.62. The van der Waals surface area contributed by atoms with Crippen LogP contribution in [-0.4, -0.2) is 15.0 Å². The van der Waals surface area contributed by atoms with Crippen LogP contribution in [0.1, 0.15) is 16.0 Å². The highest BCUT2D eigenvalue weighted by Gasteiger charge is 2.16. The number of fused-ring (bicyclic) bond motifs is 1. The van der Waals surface area contributed by atoms with E-state index in [2.05, 4.69) is 34.2 Å². The summed E-state index contributed by atoms with van der Waals surface area (Å²) in [4.78, 5) is 15.7. The Morgan fingerprint density at radius 1 is 1.20 bits per heavy atom. The predicted octanol–water partition coefficient (Wildman–Crippen LogP) is 2.96. The van der Waals surface area contributed by atoms with Gasteiger partial charge in [-0.1, -0.05) is 6.07 Å². The zero-order chi connectivity index (χ0) is 14.3. The van der Waals surface area contributed by atoms with Gasteiger partial charge < -0.3 is 5.43 Å². The third-order valence-electron chi connectivity index (χ3n) is 3.39. The Morgan fingerprint density at radius 3 is 2.70 bits per heavy atom. The lowest BCUT2D eigenvalue weighted by atomic mass is 10.2. The highest BCUT2D eigenvalue weighted by atomic mass is 32.1. The molecule has 6 heteroatoms. The fourth-order valence-corrected chi connectivity index (χ4v) is 3.21. The summed E-state index contributed by atoms with van der Waals surface area (Å²) in [5.74, 6) is 6.87. The number of aromatic nitrogens is 3. The molecule has 0 aliphatic heterocycles. The standard InChI is InChI=1S/C14H15N5S/c1-7-5-4-6-16-11(7)13-17-12(19-15)10-8(2)9(3)20-14(10)18-13/h4-6H,15H2,1-3H3,(H,17,18,19). The molecule has 0 radical (unpaired) electrons. The number of nitrogens with one attached hydrogen (secondary N) is 1. The number of pyridine rings is 1. The van der Waals surface area contributed by atoms with E-state index in [0.29, 0.717) is 11.6 Å². The third-order valence-corrected chi connectivity index (χ3v) is 4.49. The van der Waals surface area contributed by atoms with Gasteiger partial charge in [0.05, 0.1) is 5.39 Å². The lowest BCUT2D eigenvalue weighted by molar-refractivity contribution is 1.14. The highest BCUT2D eigenvalue weighted by molar-refractivity contribution is 7.18. The normalized spacial score (nSPS) is 11.0. The zero-order valence-corrected chi connectivity index (χ0v) is 12.4. The molecular formula is C14H15N5S. The topological polar surface area (TPSA) is 76.7 Å². The second-order valence-electron chi connectivity index (χ2n) is 4.67. The van der Waals surface area contributed by atoms with E-state index in [1.807, 2.05) is 19.1 Å². The number of anilines is 1. The van der Waals surface area contributed by atoms with Crippen molar-refractivity contribution in [2.75, 3.05) is 5.43 Å². The lowest BCUT2D eigenvalue weighted by Crippen LogP contribution is -2.10. The van der Waals surface area contributed by atoms with Crippen LogP contribution in [0.15, 0.2) is 18.3 Å². The summed E-state index contributed by atoms with van der Waals surface area (Å²) in [6, 6.07) is 3.90. The molecule has 0 saturated heterocycles. The average molecular weight is 285 g/mol. The lowest BCUT2D eigenvalue weighted by Gasteiger charge is -2.07. The second-order valence-corrected chi connectivity index (χ2v) is 5.88. The molecule has 3 aromatic rings. The molecule has 0 aromatic carbocycles. The van der Waals surface area contributed by atoms with Crippen LogP contribution in [-0.2, 0) is 0 Å². The number of hydrogen-bond acceptors (Lipinski definition) is 6. The Labute approximate surface area is 120 Å². The Hall–Kier alpha value is -2.05. The summed E-state index contributed by atoms with van der Waals surface area (Å²) in [6.07, 6.45) is 1.75. The molecule has 0 fully saturated rings. The number of nitrogen functional groups attached to an aromatic ring is 1. The van der Waals surface area contributed by atoms with Gasteiger partial charge >= 0.3 is 0 Å². The van der Waals surface area contributed by atoms with Crippen molar-refractivity contribution in [1.82, 2.24) is 15.0 Å². The summed E-state index contributed by atoms with van der Waals surface area (Å²) < 4.78 is 0. The fraction of sp³-hybridized carbons (Fsp3) is 0.214. The minimum Gasteiger partial charge on any atom is -0.308 e. The number of thiophene rings is 1. The van der Waals surface area contributed by atoms with Crippen molar-refractivity contribution in [3.63, 3.8) is 0 Å². The SMILES string of the molecule is Cc1cccnc1-c1nc(NN)c2c(C)c(C)sc2n1. The number of nitrogens with two attached hydrogens (primary N) is 1. The van der Waals surface area contributed by atoms with Crippen molar-refractivity contribution in [3.8, 4) is 11.5 Å². The van der Waals surface area contributed by atoms with Crippen molar-refractivity contribution < 1.29 is 0 Å². The molecule has 0 aliphatic rings. The fourth-order valence-electron chi connectivity index (χ4n) is 2.18. The Kier molecular flexibility index (Phi) is 3.11. The van der Waals surface area contributed by atoms with Crippen LogP contribution >= 0.6 is 11.3 Å². The van der Waals surface area contributed by atoms with Crippen molar-refractivity contribution in [2.24, 2.45) is 5.84 Å². The second kappa shape index (κ2) is 4.81. The van der Waals surface area contributed by atoms with E-state index in [1.54, 1.807) is 17.5 Å². The van der Waals surface area contributed by atoms with E-state index in [1.165, 1.54) is 10.4 Å². The smallest absolute Gasteiger partial charge is 0.181 e. The maximum Gasteiger partial charge on any atom is 0.181 e. The summed E-state index contributed by atoms with van der Waals surface area (Å²) in [5, 5.41) is 0.993. The first-order chi connectivity index (χ1) is 9.61. The van der Waals surface area contributed by atoms with Crippen LogP contribution in [0.25, 0.3) is 21.7 Å². The monoisotopic (exact) mass is 285 g/mol. The van der Waals surface area contributed by atoms with Crippen LogP contribution in [0.3, 0.4) is 0 Å². The Balaban J connectivity index is 2.32. The van der Waals surface area contributed by atoms with Gasteiger partial charge in [0, 0.05) is 11.1 Å². The van der Waals surface area contributed by atoms with Gasteiger partial charge in [-0.05, 0) is 38.0 Å². The molecule has 0 aliphatic carbocycles. The van der Waals surface area contributed by atoms with Crippen LogP contribution in [0.5, 0.6) is 0 Å². The van der Waals surface area contributed by atoms with Gasteiger partial charge in [-0.25, -0.2) is 15.8 Å². The van der Waals surface area contributed by atoms with Gasteiger partial charge in [0.2, 0.25) is 0 Å². The molecule has 0 amide bonds. The quantitative estimate of drug-likeness (QED) is 0.559. The van der Waals surface area contributed by atoms with Gasteiger partial charge in [0.25, 0.3) is 0 Å². The molecule has 0 saturated carbocycles. The van der Waals surface area contributed by atoms with Gasteiger partial charge in [-0.2, -0.15) is 0 Å². The minimum atomic E-state index is 0.602. The van der Waals surface area contributed by atoms with Gasteiger partial charge in [0.1, 0.15) is 10.5 Å². The molecule has 20 heavy (non-hydrogen) atoms. The molecule has 0 bridgehead atoms. The summed E-state index contributed by atoms with van der Waals surface area (Å²) in [7, 11) is 0. The van der Waals surface area contributed by atoms with Crippen LogP contribution in [0.4, 0.5) is 5.82 Å². The molecule has 0 atom stereocenters. The molecule has 3 rings (SSSR count). The van der Waals surface area contributed by atoms with E-state index in [9.17, 15) is 0 Å². The van der Waals surface area contributed by atoms with Gasteiger partial charge in [-0.3, -0.25) is 4.98 Å². The first kappa shape index (κ1) is 13.0.